The van der Waals surface area contributed by atoms with Crippen molar-refractivity contribution < 1.29 is 14.7 Å². The molecule has 5 heteroatoms. The molecule has 2 atom stereocenters. The lowest BCUT2D eigenvalue weighted by Gasteiger charge is -2.26. The molecule has 0 aromatic heterocycles. The molecule has 0 aromatic rings. The van der Waals surface area contributed by atoms with Crippen LogP contribution in [0.2, 0.25) is 0 Å². The highest BCUT2D eigenvalue weighted by Crippen LogP contribution is 2.09. The zero-order valence-corrected chi connectivity index (χ0v) is 12.1. The van der Waals surface area contributed by atoms with Gasteiger partial charge in [-0.1, -0.05) is 20.8 Å². The third kappa shape index (κ3) is 6.47. The number of nitrogens with zero attached hydrogens (tertiary/aromatic N) is 1. The molecule has 0 saturated carbocycles. The Morgan fingerprint density at radius 1 is 1.22 bits per heavy atom. The SMILES string of the molecule is CC(C)CC(C)N(C)C(=O)NCCC(C)C(=O)O. The maximum atomic E-state index is 11.8. The summed E-state index contributed by atoms with van der Waals surface area (Å²) in [7, 11) is 1.77. The summed E-state index contributed by atoms with van der Waals surface area (Å²) < 4.78 is 0. The predicted octanol–water partition coefficient (Wildman–Crippen LogP) is 2.17. The van der Waals surface area contributed by atoms with E-state index in [4.69, 9.17) is 5.11 Å². The van der Waals surface area contributed by atoms with Crippen LogP contribution in [0.4, 0.5) is 4.79 Å². The lowest BCUT2D eigenvalue weighted by Crippen LogP contribution is -2.43. The van der Waals surface area contributed by atoms with Crippen molar-refractivity contribution in [1.82, 2.24) is 10.2 Å². The molecule has 0 rings (SSSR count). The molecule has 0 aromatic carbocycles. The third-order valence-corrected chi connectivity index (χ3v) is 3.07. The van der Waals surface area contributed by atoms with Crippen molar-refractivity contribution in [1.29, 1.82) is 0 Å². The zero-order valence-electron chi connectivity index (χ0n) is 12.1. The van der Waals surface area contributed by atoms with E-state index in [1.165, 1.54) is 0 Å². The minimum absolute atomic E-state index is 0.138. The van der Waals surface area contributed by atoms with Crippen LogP contribution in [-0.2, 0) is 4.79 Å². The number of amides is 2. The van der Waals surface area contributed by atoms with Gasteiger partial charge in [0, 0.05) is 19.6 Å². The Bertz CT molecular complexity index is 279. The molecule has 0 radical (unpaired) electrons. The summed E-state index contributed by atoms with van der Waals surface area (Å²) in [4.78, 5) is 24.1. The van der Waals surface area contributed by atoms with Gasteiger partial charge in [-0.15, -0.1) is 0 Å². The number of urea groups is 1. The maximum Gasteiger partial charge on any atom is 0.317 e. The monoisotopic (exact) mass is 258 g/mol. The van der Waals surface area contributed by atoms with Crippen molar-refractivity contribution in [2.45, 2.75) is 46.6 Å². The van der Waals surface area contributed by atoms with Gasteiger partial charge in [-0.05, 0) is 25.7 Å². The molecule has 106 valence electrons. The summed E-state index contributed by atoms with van der Waals surface area (Å²) >= 11 is 0. The van der Waals surface area contributed by atoms with Gasteiger partial charge in [0.2, 0.25) is 0 Å². The van der Waals surface area contributed by atoms with E-state index in [1.54, 1.807) is 18.9 Å². The minimum Gasteiger partial charge on any atom is -0.481 e. The van der Waals surface area contributed by atoms with Gasteiger partial charge in [-0.2, -0.15) is 0 Å². The van der Waals surface area contributed by atoms with Gasteiger partial charge < -0.3 is 15.3 Å². The molecule has 5 nitrogen and oxygen atoms in total. The van der Waals surface area contributed by atoms with E-state index in [9.17, 15) is 9.59 Å². The van der Waals surface area contributed by atoms with Crippen LogP contribution in [0.5, 0.6) is 0 Å². The molecule has 0 heterocycles. The van der Waals surface area contributed by atoms with Crippen molar-refractivity contribution in [3.05, 3.63) is 0 Å². The fourth-order valence-electron chi connectivity index (χ4n) is 1.68. The van der Waals surface area contributed by atoms with Crippen molar-refractivity contribution in [3.63, 3.8) is 0 Å². The van der Waals surface area contributed by atoms with Crippen LogP contribution >= 0.6 is 0 Å². The second kappa shape index (κ2) is 7.95. The Labute approximate surface area is 110 Å². The first-order valence-corrected chi connectivity index (χ1v) is 6.49. The Kier molecular flexibility index (Phi) is 7.39. The van der Waals surface area contributed by atoms with Crippen LogP contribution in [0.1, 0.15) is 40.5 Å². The number of rotatable bonds is 7. The molecule has 0 bridgehead atoms. The van der Waals surface area contributed by atoms with Crippen molar-refractivity contribution in [2.75, 3.05) is 13.6 Å². The highest BCUT2D eigenvalue weighted by molar-refractivity contribution is 5.74. The standard InChI is InChI=1S/C13H26N2O3/c1-9(2)8-11(4)15(5)13(18)14-7-6-10(3)12(16)17/h9-11H,6-8H2,1-5H3,(H,14,18)(H,16,17). The molecule has 0 fully saturated rings. The summed E-state index contributed by atoms with van der Waals surface area (Å²) in [6.45, 7) is 8.29. The lowest BCUT2D eigenvalue weighted by atomic mass is 10.0. The molecule has 2 amide bonds. The average Bonchev–Trinajstić information content (AvgIpc) is 2.26. The number of carboxylic acid groups (broad SMARTS) is 1. The van der Waals surface area contributed by atoms with Gasteiger partial charge in [0.15, 0.2) is 0 Å². The molecule has 2 N–H and O–H groups in total. The fraction of sp³-hybridized carbons (Fsp3) is 0.846. The van der Waals surface area contributed by atoms with Gasteiger partial charge in [0.25, 0.3) is 0 Å². The molecular formula is C13H26N2O3. The topological polar surface area (TPSA) is 69.6 Å². The summed E-state index contributed by atoms with van der Waals surface area (Å²) in [5.41, 5.74) is 0. The second-order valence-corrected chi connectivity index (χ2v) is 5.35. The number of nitrogens with one attached hydrogen (secondary N) is 1. The van der Waals surface area contributed by atoms with E-state index in [0.29, 0.717) is 18.9 Å². The van der Waals surface area contributed by atoms with Gasteiger partial charge in [0.1, 0.15) is 0 Å². The van der Waals surface area contributed by atoms with E-state index >= 15 is 0 Å². The first-order chi connectivity index (χ1) is 8.25. The maximum absolute atomic E-state index is 11.8. The Hall–Kier alpha value is -1.26. The quantitative estimate of drug-likeness (QED) is 0.735. The number of carbonyl (C=O) groups is 2. The summed E-state index contributed by atoms with van der Waals surface area (Å²) in [6.07, 6.45) is 1.41. The zero-order chi connectivity index (χ0) is 14.3. The Balaban J connectivity index is 3.98. The van der Waals surface area contributed by atoms with Crippen LogP contribution in [0, 0.1) is 11.8 Å². The highest BCUT2D eigenvalue weighted by atomic mass is 16.4. The molecule has 2 unspecified atom stereocenters. The molecule has 0 saturated heterocycles. The van der Waals surface area contributed by atoms with Gasteiger partial charge >= 0.3 is 12.0 Å². The number of hydrogen-bond donors (Lipinski definition) is 2. The average molecular weight is 258 g/mol. The summed E-state index contributed by atoms with van der Waals surface area (Å²) in [5.74, 6) is -0.711. The van der Waals surface area contributed by atoms with E-state index in [2.05, 4.69) is 19.2 Å². The number of hydrogen-bond acceptors (Lipinski definition) is 2. The van der Waals surface area contributed by atoms with Crippen molar-refractivity contribution >= 4 is 12.0 Å². The van der Waals surface area contributed by atoms with Gasteiger partial charge in [-0.3, -0.25) is 4.79 Å². The fourth-order valence-corrected chi connectivity index (χ4v) is 1.68. The van der Waals surface area contributed by atoms with E-state index < -0.39 is 11.9 Å². The van der Waals surface area contributed by atoms with Crippen LogP contribution in [0.3, 0.4) is 0 Å². The Morgan fingerprint density at radius 3 is 2.22 bits per heavy atom. The van der Waals surface area contributed by atoms with E-state index in [-0.39, 0.29) is 12.1 Å². The first kappa shape index (κ1) is 16.7. The highest BCUT2D eigenvalue weighted by Gasteiger charge is 2.17. The molecule has 0 aliphatic heterocycles. The van der Waals surface area contributed by atoms with Crippen LogP contribution in [0.25, 0.3) is 0 Å². The summed E-state index contributed by atoms with van der Waals surface area (Å²) in [5, 5.41) is 11.5. The molecule has 0 spiro atoms. The minimum atomic E-state index is -0.828. The number of carbonyl (C=O) groups excluding carboxylic acids is 1. The molecule has 18 heavy (non-hydrogen) atoms. The molecule has 0 aliphatic rings. The van der Waals surface area contributed by atoms with Crippen molar-refractivity contribution in [2.24, 2.45) is 11.8 Å². The smallest absolute Gasteiger partial charge is 0.317 e. The van der Waals surface area contributed by atoms with Gasteiger partial charge in [0.05, 0.1) is 5.92 Å². The second-order valence-electron chi connectivity index (χ2n) is 5.35. The van der Waals surface area contributed by atoms with Crippen LogP contribution < -0.4 is 5.32 Å². The van der Waals surface area contributed by atoms with E-state index in [0.717, 1.165) is 6.42 Å². The molecule has 0 aliphatic carbocycles. The Morgan fingerprint density at radius 2 is 1.78 bits per heavy atom. The van der Waals surface area contributed by atoms with Crippen LogP contribution in [0.15, 0.2) is 0 Å². The van der Waals surface area contributed by atoms with Gasteiger partial charge in [-0.25, -0.2) is 4.79 Å². The number of aliphatic carboxylic acids is 1. The normalized spacial score (nSPS) is 14.1. The van der Waals surface area contributed by atoms with Crippen LogP contribution in [-0.4, -0.2) is 41.6 Å². The summed E-state index contributed by atoms with van der Waals surface area (Å²) in [6, 6.07) is 0.0441. The largest absolute Gasteiger partial charge is 0.481 e. The predicted molar refractivity (Wildman–Crippen MR) is 71.5 cm³/mol. The lowest BCUT2D eigenvalue weighted by molar-refractivity contribution is -0.141. The van der Waals surface area contributed by atoms with E-state index in [1.807, 2.05) is 6.92 Å². The number of carboxylic acids is 1. The first-order valence-electron chi connectivity index (χ1n) is 6.49. The molecular weight excluding hydrogens is 232 g/mol. The third-order valence-electron chi connectivity index (χ3n) is 3.07. The van der Waals surface area contributed by atoms with Crippen molar-refractivity contribution in [3.8, 4) is 0 Å².